The second-order valence-corrected chi connectivity index (χ2v) is 4.90. The molecule has 0 bridgehead atoms. The van der Waals surface area contributed by atoms with Crippen molar-refractivity contribution in [1.29, 1.82) is 0 Å². The number of hydrogen-bond donors (Lipinski definition) is 1. The molecule has 12 heavy (non-hydrogen) atoms. The Bertz CT molecular complexity index is 293. The van der Waals surface area contributed by atoms with Crippen LogP contribution < -0.4 is 5.32 Å². The van der Waals surface area contributed by atoms with E-state index in [-0.39, 0.29) is 0 Å². The molecule has 0 spiro atoms. The number of nitrogens with one attached hydrogen (secondary N) is 1. The van der Waals surface area contributed by atoms with Crippen molar-refractivity contribution in [3.63, 3.8) is 0 Å². The highest BCUT2D eigenvalue weighted by atomic mass is 79.9. The molecule has 4 heteroatoms. The summed E-state index contributed by atoms with van der Waals surface area (Å²) in [5, 5.41) is 3.00. The van der Waals surface area contributed by atoms with E-state index in [0.29, 0.717) is 0 Å². The number of rotatable bonds is 2. The lowest BCUT2D eigenvalue weighted by atomic mass is 10.2. The third kappa shape index (κ3) is 2.60. The highest BCUT2D eigenvalue weighted by Gasteiger charge is 1.96. The Morgan fingerprint density at radius 1 is 1.58 bits per heavy atom. The van der Waals surface area contributed by atoms with E-state index in [1.165, 1.54) is 0 Å². The zero-order chi connectivity index (χ0) is 8.97. The molecule has 0 aliphatic carbocycles. The molecule has 0 radical (unpaired) electrons. The maximum atomic E-state index is 4.15. The molecule has 2 nitrogen and oxygen atoms in total. The summed E-state index contributed by atoms with van der Waals surface area (Å²) >= 11 is 6.59. The van der Waals surface area contributed by atoms with E-state index >= 15 is 0 Å². The van der Waals surface area contributed by atoms with E-state index in [1.807, 2.05) is 25.3 Å². The summed E-state index contributed by atoms with van der Waals surface area (Å²) < 4.78 is 0.902. The van der Waals surface area contributed by atoms with Crippen LogP contribution in [0.25, 0.3) is 6.08 Å². The van der Waals surface area contributed by atoms with Crippen LogP contribution in [0.15, 0.2) is 21.7 Å². The lowest BCUT2D eigenvalue weighted by Crippen LogP contribution is -1.93. The molecule has 1 heterocycles. The monoisotopic (exact) mass is 290 g/mol. The summed E-state index contributed by atoms with van der Waals surface area (Å²) in [7, 11) is 1.85. The van der Waals surface area contributed by atoms with E-state index in [4.69, 9.17) is 0 Å². The van der Waals surface area contributed by atoms with Gasteiger partial charge in [0, 0.05) is 18.8 Å². The van der Waals surface area contributed by atoms with Crippen molar-refractivity contribution >= 4 is 43.8 Å². The van der Waals surface area contributed by atoms with Crippen LogP contribution in [0.2, 0.25) is 0 Å². The molecule has 64 valence electrons. The second kappa shape index (κ2) is 4.62. The molecule has 0 amide bonds. The standard InChI is InChI=1S/C8H8Br2N2/c1-11-8-6(5-7(9)10)3-2-4-12-8/h2-5H,1H3,(H,11,12). The van der Waals surface area contributed by atoms with Gasteiger partial charge < -0.3 is 5.32 Å². The molecule has 0 saturated carbocycles. The van der Waals surface area contributed by atoms with Crippen molar-refractivity contribution in [3.8, 4) is 0 Å². The van der Waals surface area contributed by atoms with Crippen LogP contribution >= 0.6 is 31.9 Å². The zero-order valence-electron chi connectivity index (χ0n) is 6.51. The van der Waals surface area contributed by atoms with Gasteiger partial charge in [0.25, 0.3) is 0 Å². The molecular weight excluding hydrogens is 284 g/mol. The molecule has 0 fully saturated rings. The van der Waals surface area contributed by atoms with Gasteiger partial charge in [0.2, 0.25) is 0 Å². The molecule has 0 aliphatic rings. The minimum Gasteiger partial charge on any atom is -0.373 e. The molecule has 1 aromatic rings. The SMILES string of the molecule is CNc1ncccc1C=C(Br)Br. The average molecular weight is 292 g/mol. The maximum absolute atomic E-state index is 4.15. The minimum absolute atomic E-state index is 0.869. The number of hydrogen-bond acceptors (Lipinski definition) is 2. The van der Waals surface area contributed by atoms with Crippen molar-refractivity contribution in [1.82, 2.24) is 4.98 Å². The Morgan fingerprint density at radius 3 is 2.92 bits per heavy atom. The minimum atomic E-state index is 0.869. The largest absolute Gasteiger partial charge is 0.373 e. The molecule has 0 unspecified atom stereocenters. The lowest BCUT2D eigenvalue weighted by Gasteiger charge is -2.02. The normalized spacial score (nSPS) is 9.25. The van der Waals surface area contributed by atoms with E-state index in [0.717, 1.165) is 14.8 Å². The number of aromatic nitrogens is 1. The molecule has 0 saturated heterocycles. The van der Waals surface area contributed by atoms with Crippen LogP contribution in [0.1, 0.15) is 5.56 Å². The number of anilines is 1. The molecule has 0 atom stereocenters. The Balaban J connectivity index is 3.05. The third-order valence-electron chi connectivity index (χ3n) is 1.34. The maximum Gasteiger partial charge on any atom is 0.133 e. The highest BCUT2D eigenvalue weighted by molar-refractivity contribution is 9.28. The van der Waals surface area contributed by atoms with E-state index in [1.54, 1.807) is 6.20 Å². The van der Waals surface area contributed by atoms with Crippen LogP contribution in [-0.2, 0) is 0 Å². The smallest absolute Gasteiger partial charge is 0.133 e. The third-order valence-corrected chi connectivity index (χ3v) is 1.80. The summed E-state index contributed by atoms with van der Waals surface area (Å²) in [5.74, 6) is 0.869. The Morgan fingerprint density at radius 2 is 2.33 bits per heavy atom. The molecule has 0 aromatic carbocycles. The van der Waals surface area contributed by atoms with Gasteiger partial charge in [-0.1, -0.05) is 0 Å². The first-order valence-electron chi connectivity index (χ1n) is 3.39. The highest BCUT2D eigenvalue weighted by Crippen LogP contribution is 2.21. The fourth-order valence-electron chi connectivity index (χ4n) is 0.861. The fraction of sp³-hybridized carbons (Fsp3) is 0.125. The second-order valence-electron chi connectivity index (χ2n) is 2.13. The van der Waals surface area contributed by atoms with Gasteiger partial charge in [0.05, 0.1) is 3.39 Å². The predicted octanol–water partition coefficient (Wildman–Crippen LogP) is 3.21. The topological polar surface area (TPSA) is 24.9 Å². The predicted molar refractivity (Wildman–Crippen MR) is 59.6 cm³/mol. The summed E-state index contributed by atoms with van der Waals surface area (Å²) in [6.45, 7) is 0. The first-order chi connectivity index (χ1) is 5.74. The van der Waals surface area contributed by atoms with E-state index in [9.17, 15) is 0 Å². The van der Waals surface area contributed by atoms with Crippen molar-refractivity contribution < 1.29 is 0 Å². The van der Waals surface area contributed by atoms with Crippen LogP contribution in [0.4, 0.5) is 5.82 Å². The van der Waals surface area contributed by atoms with Gasteiger partial charge in [-0.2, -0.15) is 0 Å². The Labute approximate surface area is 88.3 Å². The molecular formula is C8H8Br2N2. The van der Waals surface area contributed by atoms with E-state index in [2.05, 4.69) is 42.2 Å². The van der Waals surface area contributed by atoms with Gasteiger partial charge in [-0.15, -0.1) is 0 Å². The first kappa shape index (κ1) is 9.74. The van der Waals surface area contributed by atoms with Gasteiger partial charge in [0.1, 0.15) is 5.82 Å². The first-order valence-corrected chi connectivity index (χ1v) is 4.98. The van der Waals surface area contributed by atoms with Crippen molar-refractivity contribution in [2.24, 2.45) is 0 Å². The summed E-state index contributed by atoms with van der Waals surface area (Å²) in [5.41, 5.74) is 1.05. The lowest BCUT2D eigenvalue weighted by molar-refractivity contribution is 1.28. The zero-order valence-corrected chi connectivity index (χ0v) is 9.68. The molecule has 0 aliphatic heterocycles. The number of halogens is 2. The van der Waals surface area contributed by atoms with Crippen LogP contribution in [-0.4, -0.2) is 12.0 Å². The van der Waals surface area contributed by atoms with Crippen molar-refractivity contribution in [2.45, 2.75) is 0 Å². The van der Waals surface area contributed by atoms with Gasteiger partial charge in [-0.05, 0) is 50.1 Å². The quantitative estimate of drug-likeness (QED) is 0.905. The van der Waals surface area contributed by atoms with Gasteiger partial charge in [-0.3, -0.25) is 0 Å². The number of nitrogens with zero attached hydrogens (tertiary/aromatic N) is 1. The summed E-state index contributed by atoms with van der Waals surface area (Å²) in [6.07, 6.45) is 3.70. The van der Waals surface area contributed by atoms with Gasteiger partial charge >= 0.3 is 0 Å². The molecule has 1 N–H and O–H groups in total. The fourth-order valence-corrected chi connectivity index (χ4v) is 1.35. The van der Waals surface area contributed by atoms with Crippen LogP contribution in [0.3, 0.4) is 0 Å². The van der Waals surface area contributed by atoms with Crippen molar-refractivity contribution in [2.75, 3.05) is 12.4 Å². The van der Waals surface area contributed by atoms with E-state index < -0.39 is 0 Å². The Hall–Kier alpha value is -0.350. The molecule has 1 aromatic heterocycles. The average Bonchev–Trinajstić information content (AvgIpc) is 2.04. The molecule has 1 rings (SSSR count). The Kier molecular flexibility index (Phi) is 3.75. The van der Waals surface area contributed by atoms with Crippen molar-refractivity contribution in [3.05, 3.63) is 27.3 Å². The van der Waals surface area contributed by atoms with Crippen LogP contribution in [0, 0.1) is 0 Å². The summed E-state index contributed by atoms with van der Waals surface area (Å²) in [4.78, 5) is 4.15. The summed E-state index contributed by atoms with van der Waals surface area (Å²) in [6, 6.07) is 3.89. The number of pyridine rings is 1. The van der Waals surface area contributed by atoms with Gasteiger partial charge in [0.15, 0.2) is 0 Å². The van der Waals surface area contributed by atoms with Gasteiger partial charge in [-0.25, -0.2) is 4.98 Å². The van der Waals surface area contributed by atoms with Crippen LogP contribution in [0.5, 0.6) is 0 Å².